The number of aliphatic hydroxyl groups excluding tert-OH is 4. The first-order valence-electron chi connectivity index (χ1n) is 21.4. The van der Waals surface area contributed by atoms with Gasteiger partial charge in [-0.1, -0.05) is 39.0 Å². The summed E-state index contributed by atoms with van der Waals surface area (Å²) in [5, 5.41) is 96.5. The van der Waals surface area contributed by atoms with Crippen molar-refractivity contribution in [2.45, 2.75) is 75.2 Å². The molecule has 2 aromatic carbocycles. The van der Waals surface area contributed by atoms with Crippen molar-refractivity contribution < 1.29 is 69.6 Å². The van der Waals surface area contributed by atoms with E-state index in [1.54, 1.807) is 26.0 Å². The lowest BCUT2D eigenvalue weighted by molar-refractivity contribution is -0.149. The van der Waals surface area contributed by atoms with Gasteiger partial charge < -0.3 is 51.9 Å². The van der Waals surface area contributed by atoms with E-state index in [2.05, 4.69) is 5.32 Å². The first kappa shape index (κ1) is 45.2. The SMILES string of the molecule is CC[C@H]1c2cccc(O)c2C(=O)C2=C(O)[C@]3(O)C(=O)C(C(=O)Nc4ccc5c(c4O)C(=O)C4=C(O)[C@]6(O)C(=O)C(C(N)=O)=C(O)[C@@H](N(C)C)[C@@H]6C[C@@H]4[C@H]5C(C)C)=C(O)[C@@H](N(C)C)[C@@H]3C[C@@H]21. The lowest BCUT2D eigenvalue weighted by Gasteiger charge is -2.52. The minimum absolute atomic E-state index is 0.0904. The van der Waals surface area contributed by atoms with Crippen LogP contribution >= 0.6 is 0 Å². The van der Waals surface area contributed by atoms with E-state index in [0.29, 0.717) is 12.0 Å². The Hall–Kier alpha value is -6.34. The Morgan fingerprint density at radius 1 is 0.738 bits per heavy atom. The fourth-order valence-corrected chi connectivity index (χ4v) is 12.3. The average Bonchev–Trinajstić information content (AvgIpc) is 3.21. The van der Waals surface area contributed by atoms with Crippen LogP contribution in [0.3, 0.4) is 0 Å². The second-order valence-electron chi connectivity index (χ2n) is 18.9. The molecule has 0 bridgehead atoms. The van der Waals surface area contributed by atoms with E-state index in [-0.39, 0.29) is 41.2 Å². The molecule has 6 aliphatic rings. The largest absolute Gasteiger partial charge is 0.510 e. The van der Waals surface area contributed by atoms with Crippen molar-refractivity contribution in [3.05, 3.63) is 97.9 Å². The maximum atomic E-state index is 14.7. The van der Waals surface area contributed by atoms with Crippen LogP contribution in [0.4, 0.5) is 5.69 Å². The van der Waals surface area contributed by atoms with Crippen LogP contribution < -0.4 is 11.1 Å². The Morgan fingerprint density at radius 3 is 1.77 bits per heavy atom. The van der Waals surface area contributed by atoms with Gasteiger partial charge in [-0.25, -0.2) is 0 Å². The molecule has 0 saturated carbocycles. The number of rotatable bonds is 7. The average molecular weight is 897 g/mol. The third-order valence-corrected chi connectivity index (χ3v) is 14.9. The van der Waals surface area contributed by atoms with Crippen LogP contribution in [-0.4, -0.2) is 137 Å². The van der Waals surface area contributed by atoms with Gasteiger partial charge in [0, 0.05) is 23.0 Å². The number of nitrogens with zero attached hydrogens (tertiary/aromatic N) is 2. The molecule has 18 nitrogen and oxygen atoms in total. The highest BCUT2D eigenvalue weighted by Gasteiger charge is 2.66. The van der Waals surface area contributed by atoms with Gasteiger partial charge in [0.25, 0.3) is 11.8 Å². The van der Waals surface area contributed by atoms with Crippen molar-refractivity contribution in [2.24, 2.45) is 35.3 Å². The first-order chi connectivity index (χ1) is 30.4. The topological polar surface area (TPSA) is 309 Å². The van der Waals surface area contributed by atoms with Gasteiger partial charge in [0.1, 0.15) is 39.9 Å². The number of carbonyl (C=O) groups is 6. The Labute approximate surface area is 372 Å². The summed E-state index contributed by atoms with van der Waals surface area (Å²) in [5.74, 6) is -18.0. The van der Waals surface area contributed by atoms with E-state index in [0.717, 1.165) is 0 Å². The van der Waals surface area contributed by atoms with Crippen LogP contribution in [0.15, 0.2) is 75.7 Å². The van der Waals surface area contributed by atoms with Gasteiger partial charge in [-0.05, 0) is 100 Å². The molecular weight excluding hydrogens is 845 g/mol. The molecule has 18 heteroatoms. The van der Waals surface area contributed by atoms with Crippen molar-refractivity contribution in [3.8, 4) is 11.5 Å². The number of ketones is 4. The normalized spacial score (nSPS) is 32.1. The Bertz CT molecular complexity index is 2690. The van der Waals surface area contributed by atoms with Crippen molar-refractivity contribution in [3.63, 3.8) is 0 Å². The monoisotopic (exact) mass is 896 g/mol. The molecule has 11 N–H and O–H groups in total. The summed E-state index contributed by atoms with van der Waals surface area (Å²) >= 11 is 0. The number of allylic oxidation sites excluding steroid dienone is 2. The summed E-state index contributed by atoms with van der Waals surface area (Å²) in [7, 11) is 6.07. The molecule has 0 heterocycles. The van der Waals surface area contributed by atoms with Gasteiger partial charge >= 0.3 is 0 Å². The number of likely N-dealkylation sites (N-methyl/N-ethyl adjacent to an activating group) is 2. The predicted molar refractivity (Wildman–Crippen MR) is 230 cm³/mol. The van der Waals surface area contributed by atoms with E-state index in [1.807, 2.05) is 6.92 Å². The molecule has 10 atom stereocenters. The maximum absolute atomic E-state index is 14.7. The third kappa shape index (κ3) is 5.86. The maximum Gasteiger partial charge on any atom is 0.263 e. The number of benzene rings is 2. The molecule has 2 aromatic rings. The number of hydrogen-bond donors (Lipinski definition) is 10. The van der Waals surface area contributed by atoms with E-state index in [4.69, 9.17) is 5.73 Å². The van der Waals surface area contributed by atoms with E-state index >= 15 is 0 Å². The molecular formula is C47H52N4O14. The summed E-state index contributed by atoms with van der Waals surface area (Å²) in [5.41, 5.74) is -3.33. The van der Waals surface area contributed by atoms with Gasteiger partial charge in [-0.15, -0.1) is 0 Å². The van der Waals surface area contributed by atoms with Crippen LogP contribution in [0.25, 0.3) is 0 Å². The van der Waals surface area contributed by atoms with E-state index < -0.39 is 150 Å². The van der Waals surface area contributed by atoms with E-state index in [1.165, 1.54) is 56.2 Å². The van der Waals surface area contributed by atoms with Gasteiger partial charge in [0.2, 0.25) is 11.6 Å². The number of amides is 2. The molecule has 2 amide bonds. The minimum atomic E-state index is -2.94. The quantitative estimate of drug-likeness (QED) is 0.141. The summed E-state index contributed by atoms with van der Waals surface area (Å²) in [4.78, 5) is 86.9. The summed E-state index contributed by atoms with van der Waals surface area (Å²) < 4.78 is 0. The first-order valence-corrected chi connectivity index (χ1v) is 21.4. The number of hydrogen-bond acceptors (Lipinski definition) is 16. The number of aromatic hydroxyl groups is 2. The molecule has 0 fully saturated rings. The van der Waals surface area contributed by atoms with Crippen molar-refractivity contribution in [2.75, 3.05) is 33.5 Å². The summed E-state index contributed by atoms with van der Waals surface area (Å²) in [6.45, 7) is 5.45. The standard InChI is InChI=1S/C47H52N4O14/c1-8-17-18-10-9-11-25(52)27(18)36(54)29-20(17)14-22-34(51(6)7)39(57)32(43(61)47(22,65)40(29)58)45(63)49-24-13-12-19-26(16(2)3)21-15-23-33(50(4)5)38(56)31(44(48)62)42(60)46(23,64)41(59)30(21)37(55)28(19)35(24)53/h9-13,16-17,20-23,26,33-34,52-53,56-59,64-65H,8,14-15H2,1-7H3,(H2,48,62)(H,49,63)/t17-,20+,21+,22-,23-,26-,33-,34-,46-,47-/m0/s1. The van der Waals surface area contributed by atoms with Crippen molar-refractivity contribution >= 4 is 40.6 Å². The lowest BCUT2D eigenvalue weighted by atomic mass is 9.55. The molecule has 0 spiro atoms. The Kier molecular flexibility index (Phi) is 10.5. The minimum Gasteiger partial charge on any atom is -0.510 e. The van der Waals surface area contributed by atoms with Crippen LogP contribution in [-0.2, 0) is 19.2 Å². The number of primary amides is 1. The van der Waals surface area contributed by atoms with Gasteiger partial charge in [0.15, 0.2) is 28.5 Å². The Morgan fingerprint density at radius 2 is 1.25 bits per heavy atom. The van der Waals surface area contributed by atoms with Gasteiger partial charge in [-0.3, -0.25) is 38.6 Å². The van der Waals surface area contributed by atoms with Crippen LogP contribution in [0.5, 0.6) is 11.5 Å². The molecule has 8 rings (SSSR count). The molecule has 0 radical (unpaired) electrons. The Balaban J connectivity index is 1.21. The molecule has 0 aromatic heterocycles. The fourth-order valence-electron chi connectivity index (χ4n) is 12.3. The van der Waals surface area contributed by atoms with Gasteiger partial charge in [-0.2, -0.15) is 0 Å². The zero-order valence-electron chi connectivity index (χ0n) is 36.7. The summed E-state index contributed by atoms with van der Waals surface area (Å²) in [6.07, 6.45) is 0.168. The number of anilines is 1. The van der Waals surface area contributed by atoms with Crippen molar-refractivity contribution in [1.82, 2.24) is 9.80 Å². The smallest absolute Gasteiger partial charge is 0.263 e. The number of phenolic OH excluding ortho intramolecular Hbond substituents is 2. The summed E-state index contributed by atoms with van der Waals surface area (Å²) in [6, 6.07) is 4.76. The number of aliphatic hydroxyl groups is 6. The molecule has 65 heavy (non-hydrogen) atoms. The molecule has 0 aliphatic heterocycles. The number of nitrogens with two attached hydrogens (primary N) is 1. The second-order valence-corrected chi connectivity index (χ2v) is 18.9. The molecule has 6 aliphatic carbocycles. The zero-order valence-corrected chi connectivity index (χ0v) is 36.7. The fraction of sp³-hybridized carbons (Fsp3) is 0.447. The number of Topliss-reactive ketones (excluding diaryl/α,β-unsaturated/α-hetero) is 4. The number of nitrogens with one attached hydrogen (secondary N) is 1. The highest BCUT2D eigenvalue weighted by atomic mass is 16.4. The second kappa shape index (κ2) is 15.1. The molecule has 344 valence electrons. The third-order valence-electron chi connectivity index (χ3n) is 14.9. The van der Waals surface area contributed by atoms with Crippen LogP contribution in [0.1, 0.15) is 83.7 Å². The number of fused-ring (bicyclic) bond motifs is 6. The zero-order chi connectivity index (χ0) is 47.8. The van der Waals surface area contributed by atoms with Gasteiger partial charge in [0.05, 0.1) is 28.9 Å². The number of carbonyl (C=O) groups excluding carboxylic acids is 6. The molecule has 0 saturated heterocycles. The van der Waals surface area contributed by atoms with E-state index in [9.17, 15) is 69.6 Å². The predicted octanol–water partition coefficient (Wildman–Crippen LogP) is 2.86. The molecule has 0 unspecified atom stereocenters. The van der Waals surface area contributed by atoms with Crippen LogP contribution in [0, 0.1) is 29.6 Å². The lowest BCUT2D eigenvalue weighted by Crippen LogP contribution is -2.64. The number of phenols is 2. The highest BCUT2D eigenvalue weighted by Crippen LogP contribution is 2.59. The van der Waals surface area contributed by atoms with Crippen LogP contribution in [0.2, 0.25) is 0 Å². The van der Waals surface area contributed by atoms with Crippen molar-refractivity contribution in [1.29, 1.82) is 0 Å². The highest BCUT2D eigenvalue weighted by molar-refractivity contribution is 6.29.